The van der Waals surface area contributed by atoms with Gasteiger partial charge in [0, 0.05) is 12.3 Å². The molecule has 2 rings (SSSR count). The number of hydrogen-bond acceptors (Lipinski definition) is 5. The van der Waals surface area contributed by atoms with E-state index >= 15 is 0 Å². The number of nitro groups is 2. The Morgan fingerprint density at radius 3 is 2.47 bits per heavy atom. The average molecular weight is 208 g/mol. The van der Waals surface area contributed by atoms with Crippen LogP contribution in [0.4, 0.5) is 11.4 Å². The number of aromatic amines is 1. The standard InChI is InChI=1S/C7H4N4O4/c12-10(13)4-1-2-8-7-6(4)5(3-9-7)11(14)15/h1-3H,(H,8,9). The number of nitrogens with one attached hydrogen (secondary N) is 1. The second kappa shape index (κ2) is 3.01. The van der Waals surface area contributed by atoms with Gasteiger partial charge in [0.05, 0.1) is 16.0 Å². The molecule has 0 unspecified atom stereocenters. The minimum atomic E-state index is -0.687. The summed E-state index contributed by atoms with van der Waals surface area (Å²) in [4.78, 5) is 26.1. The highest BCUT2D eigenvalue weighted by Crippen LogP contribution is 2.31. The first-order valence-corrected chi connectivity index (χ1v) is 3.86. The molecule has 0 atom stereocenters. The first-order valence-electron chi connectivity index (χ1n) is 3.86. The first kappa shape index (κ1) is 9.06. The van der Waals surface area contributed by atoms with Crippen molar-refractivity contribution >= 4 is 22.4 Å². The Hall–Kier alpha value is -2.51. The topological polar surface area (TPSA) is 115 Å². The number of fused-ring (bicyclic) bond motifs is 1. The minimum Gasteiger partial charge on any atom is -0.340 e. The van der Waals surface area contributed by atoms with Gasteiger partial charge in [0.2, 0.25) is 0 Å². The second-order valence-corrected chi connectivity index (χ2v) is 2.74. The summed E-state index contributed by atoms with van der Waals surface area (Å²) in [6.07, 6.45) is 2.31. The van der Waals surface area contributed by atoms with E-state index < -0.39 is 9.85 Å². The van der Waals surface area contributed by atoms with Crippen molar-refractivity contribution in [3.8, 4) is 0 Å². The fourth-order valence-electron chi connectivity index (χ4n) is 1.32. The summed E-state index contributed by atoms with van der Waals surface area (Å²) in [5, 5.41) is 21.1. The maximum absolute atomic E-state index is 10.6. The van der Waals surface area contributed by atoms with E-state index in [-0.39, 0.29) is 22.4 Å². The molecule has 15 heavy (non-hydrogen) atoms. The summed E-state index contributed by atoms with van der Waals surface area (Å²) in [5.41, 5.74) is -0.534. The van der Waals surface area contributed by atoms with Crippen molar-refractivity contribution in [1.82, 2.24) is 9.97 Å². The van der Waals surface area contributed by atoms with Crippen LogP contribution >= 0.6 is 0 Å². The van der Waals surface area contributed by atoms with Gasteiger partial charge in [-0.1, -0.05) is 0 Å². The Morgan fingerprint density at radius 2 is 1.87 bits per heavy atom. The molecule has 0 bridgehead atoms. The van der Waals surface area contributed by atoms with Crippen LogP contribution in [0.3, 0.4) is 0 Å². The van der Waals surface area contributed by atoms with Crippen LogP contribution in [0.15, 0.2) is 18.5 Å². The van der Waals surface area contributed by atoms with E-state index in [1.807, 2.05) is 0 Å². The van der Waals surface area contributed by atoms with Gasteiger partial charge < -0.3 is 4.98 Å². The van der Waals surface area contributed by atoms with Crippen LogP contribution in [0, 0.1) is 20.2 Å². The number of rotatable bonds is 2. The van der Waals surface area contributed by atoms with Gasteiger partial charge in [0.25, 0.3) is 5.69 Å². The van der Waals surface area contributed by atoms with Gasteiger partial charge in [-0.2, -0.15) is 0 Å². The lowest BCUT2D eigenvalue weighted by Gasteiger charge is -1.92. The van der Waals surface area contributed by atoms with E-state index in [0.29, 0.717) is 0 Å². The highest BCUT2D eigenvalue weighted by atomic mass is 16.6. The van der Waals surface area contributed by atoms with Crippen molar-refractivity contribution in [1.29, 1.82) is 0 Å². The molecule has 2 aromatic rings. The van der Waals surface area contributed by atoms with Crippen LogP contribution < -0.4 is 0 Å². The lowest BCUT2D eigenvalue weighted by atomic mass is 10.2. The molecule has 0 saturated heterocycles. The monoisotopic (exact) mass is 208 g/mol. The van der Waals surface area contributed by atoms with Crippen molar-refractivity contribution in [2.24, 2.45) is 0 Å². The van der Waals surface area contributed by atoms with Crippen LogP contribution in [-0.2, 0) is 0 Å². The summed E-state index contributed by atoms with van der Waals surface area (Å²) in [5.74, 6) is 0. The highest BCUT2D eigenvalue weighted by molar-refractivity contribution is 5.94. The zero-order valence-electron chi connectivity index (χ0n) is 7.21. The minimum absolute atomic E-state index is 0.0764. The van der Waals surface area contributed by atoms with Gasteiger partial charge in [-0.25, -0.2) is 4.98 Å². The maximum atomic E-state index is 10.6. The molecule has 0 amide bonds. The number of nitrogens with zero attached hydrogens (tertiary/aromatic N) is 3. The lowest BCUT2D eigenvalue weighted by molar-refractivity contribution is -0.390. The average Bonchev–Trinajstić information content (AvgIpc) is 2.60. The van der Waals surface area contributed by atoms with Gasteiger partial charge >= 0.3 is 5.69 Å². The molecule has 8 heteroatoms. The Balaban J connectivity index is 2.86. The fourth-order valence-corrected chi connectivity index (χ4v) is 1.32. The van der Waals surface area contributed by atoms with E-state index in [0.717, 1.165) is 12.3 Å². The van der Waals surface area contributed by atoms with Crippen molar-refractivity contribution in [2.75, 3.05) is 0 Å². The largest absolute Gasteiger partial charge is 0.340 e. The highest BCUT2D eigenvalue weighted by Gasteiger charge is 2.24. The summed E-state index contributed by atoms with van der Waals surface area (Å²) < 4.78 is 0. The van der Waals surface area contributed by atoms with Gasteiger partial charge in [-0.15, -0.1) is 0 Å². The van der Waals surface area contributed by atoms with Crippen molar-refractivity contribution < 1.29 is 9.85 Å². The third-order valence-corrected chi connectivity index (χ3v) is 1.92. The first-order chi connectivity index (χ1) is 7.11. The zero-order valence-corrected chi connectivity index (χ0v) is 7.21. The number of pyridine rings is 1. The van der Waals surface area contributed by atoms with E-state index in [2.05, 4.69) is 9.97 Å². The molecule has 0 aromatic carbocycles. The van der Waals surface area contributed by atoms with E-state index in [4.69, 9.17) is 0 Å². The Kier molecular flexibility index (Phi) is 1.82. The van der Waals surface area contributed by atoms with Gasteiger partial charge in [0.15, 0.2) is 11.0 Å². The van der Waals surface area contributed by atoms with Crippen molar-refractivity contribution in [2.45, 2.75) is 0 Å². The molecule has 0 aliphatic rings. The molecular weight excluding hydrogens is 204 g/mol. The van der Waals surface area contributed by atoms with Crippen LogP contribution in [0.2, 0.25) is 0 Å². The van der Waals surface area contributed by atoms with Gasteiger partial charge in [-0.3, -0.25) is 20.2 Å². The Morgan fingerprint density at radius 1 is 1.20 bits per heavy atom. The predicted molar refractivity (Wildman–Crippen MR) is 49.4 cm³/mol. The van der Waals surface area contributed by atoms with Crippen molar-refractivity contribution in [3.05, 3.63) is 38.7 Å². The molecule has 0 saturated carbocycles. The molecule has 0 aliphatic heterocycles. The van der Waals surface area contributed by atoms with Crippen molar-refractivity contribution in [3.63, 3.8) is 0 Å². The zero-order chi connectivity index (χ0) is 11.0. The van der Waals surface area contributed by atoms with E-state index in [1.165, 1.54) is 6.20 Å². The van der Waals surface area contributed by atoms with Crippen LogP contribution in [0.25, 0.3) is 11.0 Å². The summed E-state index contributed by atoms with van der Waals surface area (Å²) >= 11 is 0. The molecule has 0 fully saturated rings. The normalized spacial score (nSPS) is 10.4. The molecule has 76 valence electrons. The third-order valence-electron chi connectivity index (χ3n) is 1.92. The quantitative estimate of drug-likeness (QED) is 0.591. The summed E-state index contributed by atoms with van der Waals surface area (Å²) in [7, 11) is 0. The summed E-state index contributed by atoms with van der Waals surface area (Å²) in [6.45, 7) is 0. The molecule has 2 aromatic heterocycles. The second-order valence-electron chi connectivity index (χ2n) is 2.74. The molecule has 2 heterocycles. The molecular formula is C7H4N4O4. The van der Waals surface area contributed by atoms with Crippen LogP contribution in [0.5, 0.6) is 0 Å². The third kappa shape index (κ3) is 1.27. The number of aromatic nitrogens is 2. The van der Waals surface area contributed by atoms with Gasteiger partial charge in [0.1, 0.15) is 0 Å². The molecule has 0 spiro atoms. The fraction of sp³-hybridized carbons (Fsp3) is 0. The van der Waals surface area contributed by atoms with E-state index in [1.54, 1.807) is 0 Å². The molecule has 1 N–H and O–H groups in total. The van der Waals surface area contributed by atoms with Gasteiger partial charge in [-0.05, 0) is 0 Å². The number of hydrogen-bond donors (Lipinski definition) is 1. The number of H-pyrrole nitrogens is 1. The van der Waals surface area contributed by atoms with Crippen LogP contribution in [0.1, 0.15) is 0 Å². The smallest absolute Gasteiger partial charge is 0.303 e. The predicted octanol–water partition coefficient (Wildman–Crippen LogP) is 1.38. The molecule has 0 radical (unpaired) electrons. The Bertz CT molecular complexity index is 561. The molecule has 8 nitrogen and oxygen atoms in total. The lowest BCUT2D eigenvalue weighted by Crippen LogP contribution is -1.92. The Labute approximate surface area is 81.8 Å². The molecule has 0 aliphatic carbocycles. The maximum Gasteiger partial charge on any atom is 0.303 e. The summed E-state index contributed by atoms with van der Waals surface area (Å²) in [6, 6.07) is 1.13. The SMILES string of the molecule is O=[N+]([O-])c1ccnc2[nH]cc([N+](=O)[O-])c12. The van der Waals surface area contributed by atoms with E-state index in [9.17, 15) is 20.2 Å². The van der Waals surface area contributed by atoms with Crippen LogP contribution in [-0.4, -0.2) is 19.8 Å².